The van der Waals surface area contributed by atoms with Crippen molar-refractivity contribution in [3.05, 3.63) is 89.0 Å². The highest BCUT2D eigenvalue weighted by Gasteiger charge is 2.20. The summed E-state index contributed by atoms with van der Waals surface area (Å²) in [5.41, 5.74) is 5.03. The van der Waals surface area contributed by atoms with Gasteiger partial charge >= 0.3 is 0 Å². The molecule has 0 aromatic heterocycles. The van der Waals surface area contributed by atoms with Crippen molar-refractivity contribution in [1.82, 2.24) is 0 Å². The van der Waals surface area contributed by atoms with Crippen molar-refractivity contribution < 1.29 is 26.8 Å². The average molecular weight is 445 g/mol. The van der Waals surface area contributed by atoms with Gasteiger partial charge in [0.05, 0.1) is 16.1 Å². The number of anilines is 2. The van der Waals surface area contributed by atoms with Crippen molar-refractivity contribution >= 4 is 33.2 Å². The highest BCUT2D eigenvalue weighted by Crippen LogP contribution is 2.22. The van der Waals surface area contributed by atoms with Crippen molar-refractivity contribution in [3.63, 3.8) is 0 Å². The zero-order chi connectivity index (χ0) is 22.8. The largest absolute Gasteiger partial charge is 0.366 e. The van der Waals surface area contributed by atoms with Crippen molar-refractivity contribution in [3.8, 4) is 0 Å². The molecule has 0 fully saturated rings. The molecule has 0 aliphatic heterocycles. The number of para-hydroxylation sites is 1. The molecule has 3 aromatic rings. The zero-order valence-electron chi connectivity index (χ0n) is 16.1. The Hall–Kier alpha value is -3.79. The smallest absolute Gasteiger partial charge is 0.262 e. The minimum atomic E-state index is -4.19. The molecule has 0 bridgehead atoms. The Labute approximate surface area is 176 Å². The van der Waals surface area contributed by atoms with Crippen LogP contribution in [0.5, 0.6) is 0 Å². The molecule has 10 heteroatoms. The number of carbonyl (C=O) groups excluding carboxylic acids is 2. The van der Waals surface area contributed by atoms with Gasteiger partial charge in [-0.15, -0.1) is 0 Å². The number of halogens is 2. The second kappa shape index (κ2) is 8.52. The fourth-order valence-corrected chi connectivity index (χ4v) is 3.84. The molecule has 0 aliphatic rings. The van der Waals surface area contributed by atoms with Gasteiger partial charge in [-0.1, -0.05) is 18.2 Å². The van der Waals surface area contributed by atoms with E-state index in [2.05, 4.69) is 10.0 Å². The van der Waals surface area contributed by atoms with Crippen LogP contribution in [0.4, 0.5) is 20.2 Å². The molecule has 3 aromatic carbocycles. The summed E-state index contributed by atoms with van der Waals surface area (Å²) in [6, 6.07) is 12.4. The predicted molar refractivity (Wildman–Crippen MR) is 111 cm³/mol. The molecule has 3 rings (SSSR count). The van der Waals surface area contributed by atoms with Gasteiger partial charge in [0.15, 0.2) is 0 Å². The van der Waals surface area contributed by atoms with Crippen LogP contribution in [0, 0.1) is 18.6 Å². The van der Waals surface area contributed by atoms with Gasteiger partial charge in [-0.2, -0.15) is 0 Å². The Balaban J connectivity index is 1.90. The second-order valence-electron chi connectivity index (χ2n) is 6.58. The van der Waals surface area contributed by atoms with E-state index in [1.165, 1.54) is 36.4 Å². The summed E-state index contributed by atoms with van der Waals surface area (Å²) in [6.07, 6.45) is 0. The molecule has 0 spiro atoms. The first-order chi connectivity index (χ1) is 14.6. The van der Waals surface area contributed by atoms with Gasteiger partial charge in [-0.3, -0.25) is 14.3 Å². The van der Waals surface area contributed by atoms with E-state index in [0.717, 1.165) is 24.3 Å². The standard InChI is InChI=1S/C21H17F2N3O4S/c1-12-6-8-14(31(29,30)26-19-5-3-2-4-18(19)23)11-15(12)21(28)25-13-7-9-17(22)16(10-13)20(24)27/h2-11,26H,1H3,(H2,24,27)(H,25,28). The monoisotopic (exact) mass is 445 g/mol. The third-order valence-electron chi connectivity index (χ3n) is 4.37. The van der Waals surface area contributed by atoms with E-state index in [4.69, 9.17) is 5.73 Å². The third kappa shape index (κ3) is 4.86. The lowest BCUT2D eigenvalue weighted by Crippen LogP contribution is -2.18. The topological polar surface area (TPSA) is 118 Å². The quantitative estimate of drug-likeness (QED) is 0.539. The maximum atomic E-state index is 13.8. The maximum Gasteiger partial charge on any atom is 0.262 e. The van der Waals surface area contributed by atoms with E-state index >= 15 is 0 Å². The van der Waals surface area contributed by atoms with E-state index in [-0.39, 0.29) is 21.8 Å². The molecule has 0 radical (unpaired) electrons. The Kier molecular flexibility index (Phi) is 6.02. The van der Waals surface area contributed by atoms with E-state index in [1.807, 2.05) is 0 Å². The van der Waals surface area contributed by atoms with Gasteiger partial charge in [0.1, 0.15) is 11.6 Å². The normalized spacial score (nSPS) is 11.1. The molecule has 4 N–H and O–H groups in total. The zero-order valence-corrected chi connectivity index (χ0v) is 17.0. The SMILES string of the molecule is Cc1ccc(S(=O)(=O)Nc2ccccc2F)cc1C(=O)Nc1ccc(F)c(C(N)=O)c1. The van der Waals surface area contributed by atoms with Gasteiger partial charge in [-0.05, 0) is 55.0 Å². The van der Waals surface area contributed by atoms with Crippen LogP contribution in [-0.4, -0.2) is 20.2 Å². The Morgan fingerprint density at radius 3 is 2.29 bits per heavy atom. The van der Waals surface area contributed by atoms with Gasteiger partial charge in [0.2, 0.25) is 0 Å². The van der Waals surface area contributed by atoms with Gasteiger partial charge in [0, 0.05) is 11.3 Å². The predicted octanol–water partition coefficient (Wildman–Crippen LogP) is 3.43. The molecule has 0 atom stereocenters. The molecule has 7 nitrogen and oxygen atoms in total. The third-order valence-corrected chi connectivity index (χ3v) is 5.74. The average Bonchev–Trinajstić information content (AvgIpc) is 2.71. The molecule has 0 unspecified atom stereocenters. The van der Waals surface area contributed by atoms with Crippen LogP contribution in [-0.2, 0) is 10.0 Å². The number of hydrogen-bond acceptors (Lipinski definition) is 4. The molecule has 2 amide bonds. The highest BCUT2D eigenvalue weighted by molar-refractivity contribution is 7.92. The lowest BCUT2D eigenvalue weighted by molar-refractivity contribution is 0.0992. The first-order valence-corrected chi connectivity index (χ1v) is 10.4. The van der Waals surface area contributed by atoms with Crippen LogP contribution in [0.2, 0.25) is 0 Å². The number of aryl methyl sites for hydroxylation is 1. The molecular formula is C21H17F2N3O4S. The maximum absolute atomic E-state index is 13.8. The number of hydrogen-bond donors (Lipinski definition) is 3. The summed E-state index contributed by atoms with van der Waals surface area (Å²) in [6.45, 7) is 1.59. The Morgan fingerprint density at radius 2 is 1.61 bits per heavy atom. The molecule has 0 heterocycles. The Morgan fingerprint density at radius 1 is 0.903 bits per heavy atom. The van der Waals surface area contributed by atoms with E-state index < -0.39 is 39.0 Å². The molecule has 31 heavy (non-hydrogen) atoms. The van der Waals surface area contributed by atoms with E-state index in [0.29, 0.717) is 5.56 Å². The number of amides is 2. The minimum absolute atomic E-state index is 0.0151. The van der Waals surface area contributed by atoms with Crippen LogP contribution in [0.3, 0.4) is 0 Å². The summed E-state index contributed by atoms with van der Waals surface area (Å²) in [5.74, 6) is -3.29. The van der Waals surface area contributed by atoms with E-state index in [9.17, 15) is 26.8 Å². The molecule has 0 saturated carbocycles. The van der Waals surface area contributed by atoms with Crippen LogP contribution in [0.1, 0.15) is 26.3 Å². The van der Waals surface area contributed by atoms with Crippen molar-refractivity contribution in [2.24, 2.45) is 5.73 Å². The number of rotatable bonds is 6. The summed E-state index contributed by atoms with van der Waals surface area (Å²) in [7, 11) is -4.19. The number of nitrogens with two attached hydrogens (primary N) is 1. The van der Waals surface area contributed by atoms with Crippen LogP contribution < -0.4 is 15.8 Å². The highest BCUT2D eigenvalue weighted by atomic mass is 32.2. The van der Waals surface area contributed by atoms with Crippen LogP contribution in [0.15, 0.2) is 65.6 Å². The summed E-state index contributed by atoms with van der Waals surface area (Å²) in [5, 5.41) is 2.47. The number of carbonyl (C=O) groups is 2. The first kappa shape index (κ1) is 21.9. The summed E-state index contributed by atoms with van der Waals surface area (Å²) < 4.78 is 54.9. The summed E-state index contributed by atoms with van der Waals surface area (Å²) >= 11 is 0. The molecular weight excluding hydrogens is 428 g/mol. The van der Waals surface area contributed by atoms with E-state index in [1.54, 1.807) is 6.92 Å². The number of sulfonamides is 1. The molecule has 0 saturated heterocycles. The van der Waals surface area contributed by atoms with Crippen LogP contribution >= 0.6 is 0 Å². The van der Waals surface area contributed by atoms with Crippen molar-refractivity contribution in [2.75, 3.05) is 10.0 Å². The molecule has 160 valence electrons. The molecule has 0 aliphatic carbocycles. The lowest BCUT2D eigenvalue weighted by atomic mass is 10.1. The Bertz CT molecular complexity index is 1290. The fourth-order valence-electron chi connectivity index (χ4n) is 2.75. The van der Waals surface area contributed by atoms with Crippen molar-refractivity contribution in [2.45, 2.75) is 11.8 Å². The first-order valence-electron chi connectivity index (χ1n) is 8.87. The number of benzene rings is 3. The second-order valence-corrected chi connectivity index (χ2v) is 8.26. The van der Waals surface area contributed by atoms with Crippen molar-refractivity contribution in [1.29, 1.82) is 0 Å². The van der Waals surface area contributed by atoms with Gasteiger partial charge in [-0.25, -0.2) is 17.2 Å². The lowest BCUT2D eigenvalue weighted by Gasteiger charge is -2.12. The summed E-state index contributed by atoms with van der Waals surface area (Å²) in [4.78, 5) is 23.7. The number of primary amides is 1. The van der Waals surface area contributed by atoms with Crippen LogP contribution in [0.25, 0.3) is 0 Å². The van der Waals surface area contributed by atoms with Gasteiger partial charge < -0.3 is 11.1 Å². The minimum Gasteiger partial charge on any atom is -0.366 e. The number of nitrogens with one attached hydrogen (secondary N) is 2. The van der Waals surface area contributed by atoms with Gasteiger partial charge in [0.25, 0.3) is 21.8 Å². The fraction of sp³-hybridized carbons (Fsp3) is 0.0476.